The average Bonchev–Trinajstić information content (AvgIpc) is 3.18. The fourth-order valence-corrected chi connectivity index (χ4v) is 4.35. The van der Waals surface area contributed by atoms with Crippen LogP contribution in [0.5, 0.6) is 0 Å². The number of rotatable bonds is 6. The Labute approximate surface area is 134 Å². The molecule has 0 bridgehead atoms. The first-order valence-electron chi connectivity index (χ1n) is 6.87. The van der Waals surface area contributed by atoms with E-state index in [4.69, 9.17) is 0 Å². The molecule has 2 N–H and O–H groups in total. The summed E-state index contributed by atoms with van der Waals surface area (Å²) in [6.45, 7) is 0. The molecule has 3 rings (SSSR count). The van der Waals surface area contributed by atoms with E-state index in [1.807, 2.05) is 0 Å². The fraction of sp³-hybridized carbons (Fsp3) is 0.500. The smallest absolute Gasteiger partial charge is 0.213 e. The molecule has 0 spiro atoms. The fourth-order valence-electron chi connectivity index (χ4n) is 2.65. The first-order chi connectivity index (χ1) is 10.8. The zero-order chi connectivity index (χ0) is 15.4. The molecule has 2 aromatic heterocycles. The molecule has 0 radical (unpaired) electrons. The van der Waals surface area contributed by atoms with E-state index in [-0.39, 0.29) is 0 Å². The highest BCUT2D eigenvalue weighted by Crippen LogP contribution is 2.43. The van der Waals surface area contributed by atoms with Gasteiger partial charge in [-0.05, 0) is 19.3 Å². The maximum Gasteiger partial charge on any atom is 0.213 e. The van der Waals surface area contributed by atoms with E-state index in [1.54, 1.807) is 0 Å². The Kier molecular flexibility index (Phi) is 4.68. The molecule has 1 aliphatic carbocycles. The number of carbonyl (C=O) groups excluding carboxylic acids is 2. The number of carbonyl (C=O) groups is 2. The van der Waals surface area contributed by atoms with Gasteiger partial charge < -0.3 is 10.6 Å². The van der Waals surface area contributed by atoms with Gasteiger partial charge in [0.1, 0.15) is 10.0 Å². The largest absolute Gasteiger partial charge is 0.303 e. The summed E-state index contributed by atoms with van der Waals surface area (Å²) in [6, 6.07) is 0. The Morgan fingerprint density at radius 2 is 1.36 bits per heavy atom. The van der Waals surface area contributed by atoms with Gasteiger partial charge in [0.2, 0.25) is 23.1 Å². The standard InChI is InChI=1S/C12H14N6O2S2/c19-5-13-11-17-15-9(21-11)7-2-1-3-8(4-7)10-16-18-12(22-10)14-6-20/h5-8H,1-4H2,(H,13,17,19)(H,14,18,20)/t7-,8-/m0/s1. The SMILES string of the molecule is O=CNc1nnc([C@H]2CCC[C@H](c3nnc(NC=O)s3)C2)s1. The number of amides is 2. The minimum Gasteiger partial charge on any atom is -0.303 e. The van der Waals surface area contributed by atoms with Gasteiger partial charge in [0.05, 0.1) is 0 Å². The molecule has 116 valence electrons. The highest BCUT2D eigenvalue weighted by atomic mass is 32.1. The lowest BCUT2D eigenvalue weighted by molar-refractivity contribution is -0.106. The molecule has 0 saturated heterocycles. The summed E-state index contributed by atoms with van der Waals surface area (Å²) in [6.07, 6.45) is 5.36. The number of hydrogen-bond acceptors (Lipinski definition) is 8. The van der Waals surface area contributed by atoms with Crippen molar-refractivity contribution in [2.24, 2.45) is 0 Å². The molecule has 0 unspecified atom stereocenters. The molecule has 8 nitrogen and oxygen atoms in total. The highest BCUT2D eigenvalue weighted by molar-refractivity contribution is 7.15. The zero-order valence-corrected chi connectivity index (χ0v) is 13.2. The Balaban J connectivity index is 1.69. The van der Waals surface area contributed by atoms with Crippen LogP contribution in [-0.4, -0.2) is 33.2 Å². The van der Waals surface area contributed by atoms with Gasteiger partial charge in [-0.25, -0.2) is 0 Å². The van der Waals surface area contributed by atoms with Crippen LogP contribution in [0.25, 0.3) is 0 Å². The van der Waals surface area contributed by atoms with Crippen LogP contribution in [0.3, 0.4) is 0 Å². The lowest BCUT2D eigenvalue weighted by atomic mass is 9.82. The maximum atomic E-state index is 10.4. The van der Waals surface area contributed by atoms with Crippen LogP contribution in [0.4, 0.5) is 10.3 Å². The predicted molar refractivity (Wildman–Crippen MR) is 83.1 cm³/mol. The lowest BCUT2D eigenvalue weighted by Crippen LogP contribution is -2.12. The third-order valence-electron chi connectivity index (χ3n) is 3.62. The molecule has 0 aliphatic heterocycles. The van der Waals surface area contributed by atoms with Crippen LogP contribution in [0.1, 0.15) is 47.5 Å². The molecule has 2 aromatic rings. The van der Waals surface area contributed by atoms with Gasteiger partial charge >= 0.3 is 0 Å². The van der Waals surface area contributed by atoms with E-state index in [2.05, 4.69) is 31.0 Å². The van der Waals surface area contributed by atoms with Crippen molar-refractivity contribution in [2.75, 3.05) is 10.6 Å². The Morgan fingerprint density at radius 3 is 1.82 bits per heavy atom. The molecule has 2 atom stereocenters. The molecule has 2 heterocycles. The lowest BCUT2D eigenvalue weighted by Gasteiger charge is -2.25. The number of nitrogens with one attached hydrogen (secondary N) is 2. The van der Waals surface area contributed by atoms with Gasteiger partial charge in [0.15, 0.2) is 0 Å². The van der Waals surface area contributed by atoms with E-state index >= 15 is 0 Å². The molecule has 22 heavy (non-hydrogen) atoms. The van der Waals surface area contributed by atoms with Gasteiger partial charge in [-0.3, -0.25) is 9.59 Å². The maximum absolute atomic E-state index is 10.4. The highest BCUT2D eigenvalue weighted by Gasteiger charge is 2.29. The number of aromatic nitrogens is 4. The van der Waals surface area contributed by atoms with Crippen molar-refractivity contribution < 1.29 is 9.59 Å². The van der Waals surface area contributed by atoms with Crippen molar-refractivity contribution in [3.05, 3.63) is 10.0 Å². The third-order valence-corrected chi connectivity index (χ3v) is 5.65. The minimum absolute atomic E-state index is 0.324. The summed E-state index contributed by atoms with van der Waals surface area (Å²) in [5.74, 6) is 0.648. The Hall–Kier alpha value is -1.94. The molecule has 2 amide bonds. The molecule has 0 aromatic carbocycles. The van der Waals surface area contributed by atoms with Crippen molar-refractivity contribution in [3.8, 4) is 0 Å². The second kappa shape index (κ2) is 6.88. The van der Waals surface area contributed by atoms with Crippen LogP contribution < -0.4 is 10.6 Å². The summed E-state index contributed by atoms with van der Waals surface area (Å²) < 4.78 is 0. The van der Waals surface area contributed by atoms with Crippen molar-refractivity contribution >= 4 is 45.8 Å². The van der Waals surface area contributed by atoms with E-state index in [9.17, 15) is 9.59 Å². The predicted octanol–water partition coefficient (Wildman–Crippen LogP) is 1.97. The van der Waals surface area contributed by atoms with Crippen LogP contribution in [0.15, 0.2) is 0 Å². The second-order valence-electron chi connectivity index (χ2n) is 4.98. The van der Waals surface area contributed by atoms with Gasteiger partial charge in [0.25, 0.3) is 0 Å². The zero-order valence-electron chi connectivity index (χ0n) is 11.6. The number of hydrogen-bond donors (Lipinski definition) is 2. The van der Waals surface area contributed by atoms with Crippen LogP contribution >= 0.6 is 22.7 Å². The Morgan fingerprint density at radius 1 is 0.864 bits per heavy atom. The topological polar surface area (TPSA) is 110 Å². The van der Waals surface area contributed by atoms with E-state index < -0.39 is 0 Å². The Bertz CT molecular complexity index is 603. The van der Waals surface area contributed by atoms with Crippen molar-refractivity contribution in [2.45, 2.75) is 37.5 Å². The van der Waals surface area contributed by atoms with E-state index in [0.29, 0.717) is 34.9 Å². The van der Waals surface area contributed by atoms with Crippen molar-refractivity contribution in [1.29, 1.82) is 0 Å². The molecule has 1 aliphatic rings. The van der Waals surface area contributed by atoms with Gasteiger partial charge in [-0.15, -0.1) is 20.4 Å². The molecule has 1 saturated carbocycles. The quantitative estimate of drug-likeness (QED) is 0.779. The summed E-state index contributed by atoms with van der Waals surface area (Å²) >= 11 is 2.84. The molecular formula is C12H14N6O2S2. The van der Waals surface area contributed by atoms with Crippen molar-refractivity contribution in [1.82, 2.24) is 20.4 Å². The van der Waals surface area contributed by atoms with Gasteiger partial charge in [-0.1, -0.05) is 29.1 Å². The average molecular weight is 338 g/mol. The number of anilines is 2. The molecule has 1 fully saturated rings. The van der Waals surface area contributed by atoms with Crippen molar-refractivity contribution in [3.63, 3.8) is 0 Å². The monoisotopic (exact) mass is 338 g/mol. The third kappa shape index (κ3) is 3.28. The van der Waals surface area contributed by atoms with Crippen LogP contribution in [0.2, 0.25) is 0 Å². The van der Waals surface area contributed by atoms with E-state index in [0.717, 1.165) is 35.7 Å². The van der Waals surface area contributed by atoms with Gasteiger partial charge in [0, 0.05) is 11.8 Å². The normalized spacial score (nSPS) is 21.3. The summed E-state index contributed by atoms with van der Waals surface area (Å²) in [4.78, 5) is 20.9. The minimum atomic E-state index is 0.324. The first kappa shape index (κ1) is 15.0. The first-order valence-corrected chi connectivity index (χ1v) is 8.50. The molecule has 10 heteroatoms. The van der Waals surface area contributed by atoms with E-state index in [1.165, 1.54) is 22.7 Å². The van der Waals surface area contributed by atoms with Crippen LogP contribution in [-0.2, 0) is 9.59 Å². The van der Waals surface area contributed by atoms with Gasteiger partial charge in [-0.2, -0.15) is 0 Å². The molecular weight excluding hydrogens is 324 g/mol. The number of nitrogens with zero attached hydrogens (tertiary/aromatic N) is 4. The van der Waals surface area contributed by atoms with Crippen LogP contribution in [0, 0.1) is 0 Å². The second-order valence-corrected chi connectivity index (χ2v) is 6.99. The summed E-state index contributed by atoms with van der Waals surface area (Å²) in [5.41, 5.74) is 0. The summed E-state index contributed by atoms with van der Waals surface area (Å²) in [7, 11) is 0. The summed E-state index contributed by atoms with van der Waals surface area (Å²) in [5, 5.41) is 24.3.